The minimum atomic E-state index is -0.729. The lowest BCUT2D eigenvalue weighted by Gasteiger charge is -2.31. The molecular formula is C22H20F2N4O3. The van der Waals surface area contributed by atoms with E-state index in [4.69, 9.17) is 0 Å². The number of urea groups is 1. The number of rotatable bonds is 5. The summed E-state index contributed by atoms with van der Waals surface area (Å²) in [6.45, 7) is 0.0202. The molecule has 0 radical (unpaired) electrons. The number of amides is 4. The number of likely N-dealkylation sites (N-methyl/N-ethyl adjacent to an activating group) is 1. The first-order chi connectivity index (χ1) is 14.8. The van der Waals surface area contributed by atoms with E-state index < -0.39 is 29.6 Å². The van der Waals surface area contributed by atoms with E-state index in [9.17, 15) is 23.2 Å². The fourth-order valence-corrected chi connectivity index (χ4v) is 3.73. The molecule has 1 atom stereocenters. The number of carbonyl (C=O) groups excluding carboxylic acids is 3. The lowest BCUT2D eigenvalue weighted by Crippen LogP contribution is -2.45. The average molecular weight is 426 g/mol. The van der Waals surface area contributed by atoms with E-state index in [1.165, 1.54) is 46.2 Å². The highest BCUT2D eigenvalue weighted by molar-refractivity contribution is 6.02. The molecule has 0 saturated carbocycles. The molecule has 2 aromatic rings. The molecule has 0 bridgehead atoms. The lowest BCUT2D eigenvalue weighted by molar-refractivity contribution is -0.132. The molecule has 2 N–H and O–H groups in total. The van der Waals surface area contributed by atoms with Gasteiger partial charge in [-0.3, -0.25) is 14.5 Å². The summed E-state index contributed by atoms with van der Waals surface area (Å²) in [5.74, 6) is -1.60. The normalized spacial score (nSPS) is 18.2. The number of hydrogen-bond acceptors (Lipinski definition) is 3. The first kappa shape index (κ1) is 20.5. The lowest BCUT2D eigenvalue weighted by atomic mass is 9.96. The van der Waals surface area contributed by atoms with Crippen molar-refractivity contribution >= 4 is 17.8 Å². The van der Waals surface area contributed by atoms with Gasteiger partial charge in [-0.05, 0) is 35.4 Å². The van der Waals surface area contributed by atoms with E-state index in [0.29, 0.717) is 22.4 Å². The number of hydrogen-bond donors (Lipinski definition) is 2. The Morgan fingerprint density at radius 2 is 1.87 bits per heavy atom. The number of carbonyl (C=O) groups is 3. The average Bonchev–Trinajstić information content (AvgIpc) is 3.06. The molecule has 0 aromatic heterocycles. The molecule has 0 fully saturated rings. The van der Waals surface area contributed by atoms with E-state index >= 15 is 0 Å². The van der Waals surface area contributed by atoms with Crippen LogP contribution < -0.4 is 10.6 Å². The molecular weight excluding hydrogens is 406 g/mol. The third-order valence-electron chi connectivity index (χ3n) is 5.35. The van der Waals surface area contributed by atoms with Gasteiger partial charge >= 0.3 is 6.03 Å². The molecule has 2 heterocycles. The van der Waals surface area contributed by atoms with Crippen LogP contribution in [0.4, 0.5) is 13.6 Å². The molecule has 7 nitrogen and oxygen atoms in total. The van der Waals surface area contributed by atoms with Gasteiger partial charge in [0.25, 0.3) is 5.91 Å². The zero-order valence-electron chi connectivity index (χ0n) is 16.7. The van der Waals surface area contributed by atoms with Crippen LogP contribution in [0.1, 0.15) is 17.2 Å². The van der Waals surface area contributed by atoms with Gasteiger partial charge in [-0.1, -0.05) is 24.3 Å². The topological polar surface area (TPSA) is 81.8 Å². The molecule has 0 saturated heterocycles. The maximum Gasteiger partial charge on any atom is 0.322 e. The Labute approximate surface area is 177 Å². The fraction of sp³-hybridized carbons (Fsp3) is 0.227. The van der Waals surface area contributed by atoms with Crippen LogP contribution in [0.5, 0.6) is 0 Å². The largest absolute Gasteiger partial charge is 0.350 e. The SMILES string of the molecule is CN1C(=O)N[C@H](c2ccc(F)cc2)C2=C1CN(CC(=O)NCc1cccc(F)c1)C2=O. The highest BCUT2D eigenvalue weighted by Crippen LogP contribution is 2.35. The van der Waals surface area contributed by atoms with Crippen LogP contribution in [0, 0.1) is 11.6 Å². The van der Waals surface area contributed by atoms with Gasteiger partial charge in [-0.15, -0.1) is 0 Å². The summed E-state index contributed by atoms with van der Waals surface area (Å²) < 4.78 is 26.6. The van der Waals surface area contributed by atoms with E-state index in [1.807, 2.05) is 0 Å². The van der Waals surface area contributed by atoms with E-state index in [1.54, 1.807) is 19.2 Å². The number of nitrogens with zero attached hydrogens (tertiary/aromatic N) is 2. The van der Waals surface area contributed by atoms with Crippen LogP contribution >= 0.6 is 0 Å². The Balaban J connectivity index is 1.48. The quantitative estimate of drug-likeness (QED) is 0.768. The predicted molar refractivity (Wildman–Crippen MR) is 107 cm³/mol. The Hall–Kier alpha value is -3.75. The van der Waals surface area contributed by atoms with Crippen molar-refractivity contribution in [1.82, 2.24) is 20.4 Å². The van der Waals surface area contributed by atoms with Crippen molar-refractivity contribution in [3.05, 3.63) is 82.6 Å². The summed E-state index contributed by atoms with van der Waals surface area (Å²) in [5.41, 5.74) is 2.03. The van der Waals surface area contributed by atoms with Gasteiger partial charge < -0.3 is 15.5 Å². The van der Waals surface area contributed by atoms with Crippen molar-refractivity contribution in [2.75, 3.05) is 20.1 Å². The fourth-order valence-electron chi connectivity index (χ4n) is 3.73. The van der Waals surface area contributed by atoms with Crippen LogP contribution in [0.25, 0.3) is 0 Å². The maximum atomic E-state index is 13.3. The predicted octanol–water partition coefficient (Wildman–Crippen LogP) is 2.07. The third kappa shape index (κ3) is 4.11. The van der Waals surface area contributed by atoms with Gasteiger partial charge in [0.1, 0.15) is 18.2 Å². The molecule has 0 spiro atoms. The van der Waals surface area contributed by atoms with Crippen molar-refractivity contribution in [1.29, 1.82) is 0 Å². The molecule has 2 aliphatic heterocycles. The number of nitrogens with one attached hydrogen (secondary N) is 2. The van der Waals surface area contributed by atoms with Crippen LogP contribution in [0.2, 0.25) is 0 Å². The molecule has 31 heavy (non-hydrogen) atoms. The first-order valence-electron chi connectivity index (χ1n) is 9.66. The van der Waals surface area contributed by atoms with Gasteiger partial charge in [0.15, 0.2) is 0 Å². The Bertz CT molecular complexity index is 1080. The zero-order chi connectivity index (χ0) is 22.1. The standard InChI is InChI=1S/C22H20F2N4O3/c1-27-17-11-28(12-18(29)25-10-13-3-2-4-16(24)9-13)21(30)19(17)20(26-22(27)31)14-5-7-15(23)8-6-14/h2-9,20H,10-12H2,1H3,(H,25,29)(H,26,31)/t20-/m1/s1. The second kappa shape index (κ2) is 8.17. The summed E-state index contributed by atoms with van der Waals surface area (Å²) in [7, 11) is 1.55. The zero-order valence-corrected chi connectivity index (χ0v) is 16.7. The number of benzene rings is 2. The first-order valence-corrected chi connectivity index (χ1v) is 9.66. The van der Waals surface area contributed by atoms with Gasteiger partial charge in [-0.25, -0.2) is 13.6 Å². The summed E-state index contributed by atoms with van der Waals surface area (Å²) in [5, 5.41) is 5.42. The van der Waals surface area contributed by atoms with Crippen molar-refractivity contribution in [2.45, 2.75) is 12.6 Å². The van der Waals surface area contributed by atoms with Gasteiger partial charge in [-0.2, -0.15) is 0 Å². The Morgan fingerprint density at radius 3 is 2.58 bits per heavy atom. The van der Waals surface area contributed by atoms with Gasteiger partial charge in [0.2, 0.25) is 5.91 Å². The highest BCUT2D eigenvalue weighted by atomic mass is 19.1. The van der Waals surface area contributed by atoms with Crippen molar-refractivity contribution < 1.29 is 23.2 Å². The van der Waals surface area contributed by atoms with Crippen LogP contribution in [-0.4, -0.2) is 47.8 Å². The van der Waals surface area contributed by atoms with Crippen molar-refractivity contribution in [3.63, 3.8) is 0 Å². The van der Waals surface area contributed by atoms with Crippen molar-refractivity contribution in [3.8, 4) is 0 Å². The van der Waals surface area contributed by atoms with E-state index in [0.717, 1.165) is 0 Å². The molecule has 4 amide bonds. The molecule has 4 rings (SSSR count). The van der Waals surface area contributed by atoms with E-state index in [2.05, 4.69) is 10.6 Å². The maximum absolute atomic E-state index is 13.3. The minimum Gasteiger partial charge on any atom is -0.350 e. The summed E-state index contributed by atoms with van der Waals surface area (Å²) in [6.07, 6.45) is 0. The smallest absolute Gasteiger partial charge is 0.322 e. The Kier molecular flexibility index (Phi) is 5.41. The molecule has 0 aliphatic carbocycles. The summed E-state index contributed by atoms with van der Waals surface area (Å²) in [6, 6.07) is 10.3. The second-order valence-electron chi connectivity index (χ2n) is 7.42. The minimum absolute atomic E-state index is 0.100. The molecule has 0 unspecified atom stereocenters. The molecule has 160 valence electrons. The van der Waals surface area contributed by atoms with Crippen LogP contribution in [-0.2, 0) is 16.1 Å². The van der Waals surface area contributed by atoms with Crippen LogP contribution in [0.15, 0.2) is 59.8 Å². The molecule has 2 aliphatic rings. The second-order valence-corrected chi connectivity index (χ2v) is 7.42. The molecule has 9 heteroatoms. The van der Waals surface area contributed by atoms with Crippen molar-refractivity contribution in [2.24, 2.45) is 0 Å². The van der Waals surface area contributed by atoms with Crippen LogP contribution in [0.3, 0.4) is 0 Å². The monoisotopic (exact) mass is 426 g/mol. The highest BCUT2D eigenvalue weighted by Gasteiger charge is 2.43. The Morgan fingerprint density at radius 1 is 1.13 bits per heavy atom. The molecule has 2 aromatic carbocycles. The van der Waals surface area contributed by atoms with Gasteiger partial charge in [0.05, 0.1) is 23.9 Å². The van der Waals surface area contributed by atoms with E-state index in [-0.39, 0.29) is 25.5 Å². The van der Waals surface area contributed by atoms with Gasteiger partial charge in [0, 0.05) is 13.6 Å². The third-order valence-corrected chi connectivity index (χ3v) is 5.35. The summed E-state index contributed by atoms with van der Waals surface area (Å²) in [4.78, 5) is 40.5. The summed E-state index contributed by atoms with van der Waals surface area (Å²) >= 11 is 0. The number of halogens is 2.